The monoisotopic (exact) mass is 678 g/mol. The largest absolute Gasteiger partial charge is 0.493 e. The molecule has 3 aromatic rings. The maximum absolute atomic E-state index is 14.0. The van der Waals surface area contributed by atoms with Gasteiger partial charge in [0, 0.05) is 21.4 Å². The Hall–Kier alpha value is -3.22. The molecule has 1 atom stereocenters. The third-order valence-electron chi connectivity index (χ3n) is 5.83. The number of halogens is 2. The summed E-state index contributed by atoms with van der Waals surface area (Å²) in [5.74, 6) is 0.145. The normalized spacial score (nSPS) is 14.9. The summed E-state index contributed by atoms with van der Waals surface area (Å²) >= 11 is 8.17. The molecule has 9 nitrogen and oxygen atoms in total. The van der Waals surface area contributed by atoms with Crippen LogP contribution in [-0.2, 0) is 14.3 Å². The van der Waals surface area contributed by atoms with Crippen LogP contribution in [0.25, 0.3) is 6.08 Å². The average Bonchev–Trinajstić information content (AvgIpc) is 3.18. The van der Waals surface area contributed by atoms with Crippen molar-refractivity contribution in [1.29, 1.82) is 0 Å². The van der Waals surface area contributed by atoms with Gasteiger partial charge in [-0.1, -0.05) is 43.2 Å². The molecule has 0 aliphatic carbocycles. The minimum atomic E-state index is -0.868. The zero-order valence-corrected chi connectivity index (χ0v) is 25.7. The molecule has 1 aromatic heterocycles. The average molecular weight is 680 g/mol. The van der Waals surface area contributed by atoms with E-state index in [4.69, 9.17) is 18.9 Å². The molecule has 39 heavy (non-hydrogen) atoms. The Morgan fingerprint density at radius 3 is 2.44 bits per heavy atom. The van der Waals surface area contributed by atoms with Gasteiger partial charge in [0.05, 0.1) is 42.7 Å². The zero-order valence-electron chi connectivity index (χ0n) is 21.7. The van der Waals surface area contributed by atoms with E-state index in [2.05, 4.69) is 36.9 Å². The summed E-state index contributed by atoms with van der Waals surface area (Å²) in [7, 11) is 3.03. The van der Waals surface area contributed by atoms with Crippen LogP contribution in [0.15, 0.2) is 60.3 Å². The molecule has 0 saturated carbocycles. The van der Waals surface area contributed by atoms with Crippen LogP contribution in [0.3, 0.4) is 0 Å². The number of hydrogen-bond donors (Lipinski definition) is 0. The van der Waals surface area contributed by atoms with Gasteiger partial charge in [0.15, 0.2) is 16.3 Å². The first-order valence-corrected chi connectivity index (χ1v) is 14.1. The lowest BCUT2D eigenvalue weighted by molar-refractivity contribution is -0.139. The van der Waals surface area contributed by atoms with Crippen molar-refractivity contribution in [3.63, 3.8) is 0 Å². The second-order valence-corrected chi connectivity index (χ2v) is 11.1. The third kappa shape index (κ3) is 5.73. The maximum atomic E-state index is 14.0. The van der Waals surface area contributed by atoms with Gasteiger partial charge in [-0.3, -0.25) is 14.2 Å². The van der Waals surface area contributed by atoms with Gasteiger partial charge in [-0.2, -0.15) is 0 Å². The SMILES string of the molecule is CCOC(=O)C1=C(C)N=c2s/c(=C\c3cc(Br)ccc3OC(C)=O)c(=O)n2[C@H]1c1cc(OC)c(OC)cc1Br. The molecule has 204 valence electrons. The van der Waals surface area contributed by atoms with Crippen molar-refractivity contribution in [3.8, 4) is 17.2 Å². The number of fused-ring (bicyclic) bond motifs is 1. The molecule has 0 unspecified atom stereocenters. The molecule has 4 rings (SSSR count). The first-order valence-electron chi connectivity index (χ1n) is 11.7. The molecule has 12 heteroatoms. The van der Waals surface area contributed by atoms with Crippen LogP contribution < -0.4 is 29.1 Å². The van der Waals surface area contributed by atoms with Crippen LogP contribution in [0.1, 0.15) is 37.9 Å². The second kappa shape index (κ2) is 11.9. The predicted octanol–water partition coefficient (Wildman–Crippen LogP) is 4.27. The van der Waals surface area contributed by atoms with Crippen LogP contribution in [0.2, 0.25) is 0 Å². The van der Waals surface area contributed by atoms with Crippen molar-refractivity contribution in [2.45, 2.75) is 26.8 Å². The summed E-state index contributed by atoms with van der Waals surface area (Å²) < 4.78 is 24.8. The Kier molecular flexibility index (Phi) is 8.77. The van der Waals surface area contributed by atoms with Gasteiger partial charge in [-0.15, -0.1) is 0 Å². The maximum Gasteiger partial charge on any atom is 0.338 e. The number of rotatable bonds is 7. The van der Waals surface area contributed by atoms with E-state index in [1.807, 2.05) is 0 Å². The number of carbonyl (C=O) groups excluding carboxylic acids is 2. The molecule has 1 aliphatic heterocycles. The number of benzene rings is 2. The Bertz CT molecular complexity index is 1690. The molecule has 0 amide bonds. The zero-order chi connectivity index (χ0) is 28.4. The van der Waals surface area contributed by atoms with Crippen LogP contribution >= 0.6 is 43.2 Å². The molecular weight excluding hydrogens is 656 g/mol. The van der Waals surface area contributed by atoms with Crippen LogP contribution in [0.5, 0.6) is 17.2 Å². The first kappa shape index (κ1) is 28.8. The highest BCUT2D eigenvalue weighted by atomic mass is 79.9. The van der Waals surface area contributed by atoms with Gasteiger partial charge in [-0.25, -0.2) is 9.79 Å². The fraction of sp³-hybridized carbons (Fsp3) is 0.259. The van der Waals surface area contributed by atoms with E-state index >= 15 is 0 Å². The fourth-order valence-electron chi connectivity index (χ4n) is 4.19. The van der Waals surface area contributed by atoms with E-state index in [1.54, 1.807) is 50.3 Å². The Morgan fingerprint density at radius 2 is 1.79 bits per heavy atom. The molecule has 0 spiro atoms. The van der Waals surface area contributed by atoms with Crippen molar-refractivity contribution in [2.75, 3.05) is 20.8 Å². The Balaban J connectivity index is 2.02. The molecule has 2 aromatic carbocycles. The van der Waals surface area contributed by atoms with Crippen LogP contribution in [0, 0.1) is 0 Å². The van der Waals surface area contributed by atoms with E-state index in [9.17, 15) is 14.4 Å². The molecule has 1 aliphatic rings. The number of aromatic nitrogens is 1. The van der Waals surface area contributed by atoms with Crippen molar-refractivity contribution in [2.24, 2.45) is 4.99 Å². The highest BCUT2D eigenvalue weighted by Gasteiger charge is 2.35. The van der Waals surface area contributed by atoms with Crippen molar-refractivity contribution in [3.05, 3.63) is 81.4 Å². The van der Waals surface area contributed by atoms with E-state index in [-0.39, 0.29) is 17.7 Å². The Morgan fingerprint density at radius 1 is 1.10 bits per heavy atom. The molecule has 0 bridgehead atoms. The number of ether oxygens (including phenoxy) is 4. The van der Waals surface area contributed by atoms with Crippen LogP contribution in [0.4, 0.5) is 0 Å². The number of methoxy groups -OCH3 is 2. The molecule has 0 saturated heterocycles. The lowest BCUT2D eigenvalue weighted by Gasteiger charge is -2.26. The quantitative estimate of drug-likeness (QED) is 0.271. The standard InChI is InChI=1S/C27H24Br2N2O7S/c1-6-37-26(34)23-13(2)30-27-31(24(23)17-11-20(35-4)21(36-5)12-18(17)29)25(33)22(39-27)10-15-9-16(28)7-8-19(15)38-14(3)32/h7-12,24H,6H2,1-5H3/b22-10-/t24-/m0/s1. The van der Waals surface area contributed by atoms with Gasteiger partial charge in [-0.05, 0) is 55.8 Å². The molecule has 0 radical (unpaired) electrons. The summed E-state index contributed by atoms with van der Waals surface area (Å²) in [6, 6.07) is 7.69. The summed E-state index contributed by atoms with van der Waals surface area (Å²) in [5.41, 5.74) is 1.38. The smallest absolute Gasteiger partial charge is 0.338 e. The minimum absolute atomic E-state index is 0.154. The van der Waals surface area contributed by atoms with E-state index in [1.165, 1.54) is 25.7 Å². The lowest BCUT2D eigenvalue weighted by atomic mass is 9.95. The number of thiazole rings is 1. The van der Waals surface area contributed by atoms with Crippen LogP contribution in [-0.4, -0.2) is 37.3 Å². The van der Waals surface area contributed by atoms with Gasteiger partial charge >= 0.3 is 11.9 Å². The highest BCUT2D eigenvalue weighted by Crippen LogP contribution is 2.40. The minimum Gasteiger partial charge on any atom is -0.493 e. The number of nitrogens with zero attached hydrogens (tertiary/aromatic N) is 2. The topological polar surface area (TPSA) is 105 Å². The van der Waals surface area contributed by atoms with Gasteiger partial charge in [0.2, 0.25) is 0 Å². The summed E-state index contributed by atoms with van der Waals surface area (Å²) in [6.07, 6.45) is 1.64. The summed E-state index contributed by atoms with van der Waals surface area (Å²) in [4.78, 5) is 43.8. The first-order chi connectivity index (χ1) is 18.6. The third-order valence-corrected chi connectivity index (χ3v) is 7.99. The Labute approximate surface area is 244 Å². The van der Waals surface area contributed by atoms with E-state index in [0.717, 1.165) is 15.8 Å². The van der Waals surface area contributed by atoms with Crippen molar-refractivity contribution < 1.29 is 28.5 Å². The molecule has 2 heterocycles. The number of esters is 2. The second-order valence-electron chi connectivity index (χ2n) is 8.31. The van der Waals surface area contributed by atoms with Crippen molar-refractivity contribution in [1.82, 2.24) is 4.57 Å². The predicted molar refractivity (Wildman–Crippen MR) is 153 cm³/mol. The lowest BCUT2D eigenvalue weighted by Crippen LogP contribution is -2.40. The van der Waals surface area contributed by atoms with Gasteiger partial charge in [0.25, 0.3) is 5.56 Å². The summed E-state index contributed by atoms with van der Waals surface area (Å²) in [5, 5.41) is 0. The fourth-order valence-corrected chi connectivity index (χ4v) is 6.14. The number of hydrogen-bond acceptors (Lipinski definition) is 9. The molecule has 0 fully saturated rings. The van der Waals surface area contributed by atoms with E-state index in [0.29, 0.717) is 47.9 Å². The highest BCUT2D eigenvalue weighted by molar-refractivity contribution is 9.10. The van der Waals surface area contributed by atoms with Gasteiger partial charge < -0.3 is 18.9 Å². The van der Waals surface area contributed by atoms with Crippen molar-refractivity contribution >= 4 is 61.2 Å². The number of allylic oxidation sites excluding steroid dienone is 1. The number of carbonyl (C=O) groups is 2. The van der Waals surface area contributed by atoms with E-state index < -0.39 is 18.0 Å². The molecule has 0 N–H and O–H groups in total. The summed E-state index contributed by atoms with van der Waals surface area (Å²) in [6.45, 7) is 4.88. The molecular formula is C27H24Br2N2O7S. The van der Waals surface area contributed by atoms with Gasteiger partial charge in [0.1, 0.15) is 5.75 Å².